The quantitative estimate of drug-likeness (QED) is 0.649. The van der Waals surface area contributed by atoms with Crippen LogP contribution in [0.1, 0.15) is 29.5 Å². The minimum absolute atomic E-state index is 0.136. The molecule has 0 saturated carbocycles. The van der Waals surface area contributed by atoms with Crippen LogP contribution in [0, 0.1) is 6.92 Å². The molecule has 1 aromatic heterocycles. The van der Waals surface area contributed by atoms with E-state index in [1.54, 1.807) is 50.2 Å². The molecule has 0 fully saturated rings. The Morgan fingerprint density at radius 2 is 1.87 bits per heavy atom. The van der Waals surface area contributed by atoms with Crippen molar-refractivity contribution in [3.63, 3.8) is 0 Å². The number of fused-ring (bicyclic) bond motifs is 1. The fraction of sp³-hybridized carbons (Fsp3) is 0.217. The highest BCUT2D eigenvalue weighted by Gasteiger charge is 2.31. The molecule has 1 N–H and O–H groups in total. The van der Waals surface area contributed by atoms with Crippen molar-refractivity contribution in [3.8, 4) is 11.3 Å². The van der Waals surface area contributed by atoms with Gasteiger partial charge in [0.2, 0.25) is 5.91 Å². The van der Waals surface area contributed by atoms with Gasteiger partial charge < -0.3 is 19.5 Å². The van der Waals surface area contributed by atoms with Crippen LogP contribution in [0.5, 0.6) is 0 Å². The molecule has 0 aliphatic carbocycles. The smallest absolute Gasteiger partial charge is 0.344 e. The van der Waals surface area contributed by atoms with Crippen LogP contribution in [0.3, 0.4) is 0 Å². The number of carbonyl (C=O) groups is 3. The molecule has 0 bridgehead atoms. The Bertz CT molecular complexity index is 1140. The Morgan fingerprint density at radius 3 is 2.65 bits per heavy atom. The monoisotopic (exact) mass is 419 g/mol. The van der Waals surface area contributed by atoms with Gasteiger partial charge in [0.05, 0.1) is 11.4 Å². The van der Waals surface area contributed by atoms with Crippen LogP contribution in [-0.2, 0) is 14.3 Å². The molecule has 3 aromatic rings. The molecule has 2 aromatic carbocycles. The van der Waals surface area contributed by atoms with Crippen molar-refractivity contribution < 1.29 is 23.6 Å². The van der Waals surface area contributed by atoms with E-state index in [1.807, 2.05) is 18.2 Å². The van der Waals surface area contributed by atoms with Gasteiger partial charge in [0, 0.05) is 18.0 Å². The first-order valence-electron chi connectivity index (χ1n) is 9.85. The number of carbonyl (C=O) groups excluding carboxylic acids is 3. The fourth-order valence-electron chi connectivity index (χ4n) is 3.64. The van der Waals surface area contributed by atoms with Gasteiger partial charge >= 0.3 is 5.97 Å². The van der Waals surface area contributed by atoms with E-state index in [1.165, 1.54) is 4.90 Å². The van der Waals surface area contributed by atoms with Crippen molar-refractivity contribution in [2.75, 3.05) is 16.8 Å². The number of hydrogen-bond acceptors (Lipinski definition) is 6. The van der Waals surface area contributed by atoms with E-state index in [9.17, 15) is 14.4 Å². The Balaban J connectivity index is 1.54. The van der Waals surface area contributed by atoms with Gasteiger partial charge in [-0.1, -0.05) is 47.6 Å². The molecule has 0 saturated heterocycles. The minimum Gasteiger partial charge on any atom is -0.452 e. The molecule has 0 spiro atoms. The summed E-state index contributed by atoms with van der Waals surface area (Å²) in [6.07, 6.45) is 0.136. The molecule has 1 atom stereocenters. The third-order valence-electron chi connectivity index (χ3n) is 5.07. The largest absolute Gasteiger partial charge is 0.452 e. The van der Waals surface area contributed by atoms with Gasteiger partial charge in [-0.3, -0.25) is 9.59 Å². The van der Waals surface area contributed by atoms with E-state index in [0.717, 1.165) is 0 Å². The van der Waals surface area contributed by atoms with E-state index >= 15 is 0 Å². The minimum atomic E-state index is -0.698. The van der Waals surface area contributed by atoms with Crippen LogP contribution in [0.25, 0.3) is 11.3 Å². The number of aromatic nitrogens is 1. The lowest BCUT2D eigenvalue weighted by Gasteiger charge is -2.27. The molecule has 8 nitrogen and oxygen atoms in total. The van der Waals surface area contributed by atoms with E-state index in [-0.39, 0.29) is 17.9 Å². The summed E-state index contributed by atoms with van der Waals surface area (Å²) in [6, 6.07) is 15.7. The first-order valence-corrected chi connectivity index (χ1v) is 9.85. The van der Waals surface area contributed by atoms with Gasteiger partial charge in [0.25, 0.3) is 5.91 Å². The Kier molecular flexibility index (Phi) is 5.53. The van der Waals surface area contributed by atoms with E-state index in [4.69, 9.17) is 9.26 Å². The van der Waals surface area contributed by atoms with Crippen LogP contribution in [0.4, 0.5) is 11.4 Å². The zero-order chi connectivity index (χ0) is 22.0. The summed E-state index contributed by atoms with van der Waals surface area (Å²) >= 11 is 0. The van der Waals surface area contributed by atoms with Crippen molar-refractivity contribution in [3.05, 3.63) is 65.9 Å². The second-order valence-electron chi connectivity index (χ2n) is 7.29. The lowest BCUT2D eigenvalue weighted by atomic mass is 10.1. The average molecular weight is 419 g/mol. The van der Waals surface area contributed by atoms with Gasteiger partial charge in [-0.2, -0.15) is 0 Å². The molecule has 8 heteroatoms. The summed E-state index contributed by atoms with van der Waals surface area (Å²) in [6.45, 7) is 2.91. The Hall–Kier alpha value is -3.94. The summed E-state index contributed by atoms with van der Waals surface area (Å²) in [7, 11) is 0. The average Bonchev–Trinajstić information content (AvgIpc) is 3.09. The van der Waals surface area contributed by atoms with Gasteiger partial charge in [-0.15, -0.1) is 0 Å². The molecule has 158 valence electrons. The van der Waals surface area contributed by atoms with Crippen LogP contribution in [0.2, 0.25) is 0 Å². The molecule has 1 aliphatic heterocycles. The second-order valence-corrected chi connectivity index (χ2v) is 7.29. The normalized spacial score (nSPS) is 15.6. The summed E-state index contributed by atoms with van der Waals surface area (Å²) in [5.41, 5.74) is 2.35. The summed E-state index contributed by atoms with van der Waals surface area (Å²) in [5.74, 6) is -1.00. The van der Waals surface area contributed by atoms with Crippen molar-refractivity contribution in [1.29, 1.82) is 0 Å². The molecule has 0 unspecified atom stereocenters. The summed E-state index contributed by atoms with van der Waals surface area (Å²) in [4.78, 5) is 39.4. The number of esters is 1. The van der Waals surface area contributed by atoms with Crippen molar-refractivity contribution in [1.82, 2.24) is 5.16 Å². The number of hydrogen-bond donors (Lipinski definition) is 1. The number of benzene rings is 2. The second kappa shape index (κ2) is 8.43. The molecule has 2 amide bonds. The maximum atomic E-state index is 13.0. The summed E-state index contributed by atoms with van der Waals surface area (Å²) < 4.78 is 10.5. The highest BCUT2D eigenvalue weighted by Crippen LogP contribution is 2.31. The molecule has 31 heavy (non-hydrogen) atoms. The van der Waals surface area contributed by atoms with Crippen molar-refractivity contribution in [2.45, 2.75) is 26.3 Å². The van der Waals surface area contributed by atoms with Crippen molar-refractivity contribution in [2.24, 2.45) is 0 Å². The van der Waals surface area contributed by atoms with Gasteiger partial charge in [0.1, 0.15) is 17.0 Å². The number of nitrogens with zero attached hydrogens (tertiary/aromatic N) is 2. The lowest BCUT2D eigenvalue weighted by molar-refractivity contribution is -0.122. The molecular weight excluding hydrogens is 398 g/mol. The van der Waals surface area contributed by atoms with Gasteiger partial charge in [0.15, 0.2) is 6.61 Å². The standard InChI is InChI=1S/C23H21N3O5/c1-14-12-19(27)24-17-10-6-7-11-18(17)26(14)20(28)13-30-23(29)21-15(2)31-25-22(21)16-8-4-3-5-9-16/h3-11,14H,12-13H2,1-2H3,(H,24,27)/t14-/m1/s1. The number of amides is 2. The molecular formula is C23H21N3O5. The Morgan fingerprint density at radius 1 is 1.16 bits per heavy atom. The van der Waals surface area contributed by atoms with Gasteiger partial charge in [-0.05, 0) is 26.0 Å². The van der Waals surface area contributed by atoms with E-state index in [2.05, 4.69) is 10.5 Å². The molecule has 2 heterocycles. The fourth-order valence-corrected chi connectivity index (χ4v) is 3.64. The summed E-state index contributed by atoms with van der Waals surface area (Å²) in [5, 5.41) is 6.77. The maximum Gasteiger partial charge on any atom is 0.344 e. The van der Waals surface area contributed by atoms with Crippen LogP contribution >= 0.6 is 0 Å². The lowest BCUT2D eigenvalue weighted by Crippen LogP contribution is -2.41. The number of aryl methyl sites for hydroxylation is 1. The third kappa shape index (κ3) is 4.05. The molecule has 0 radical (unpaired) electrons. The van der Waals surface area contributed by atoms with Gasteiger partial charge in [-0.25, -0.2) is 4.79 Å². The zero-order valence-corrected chi connectivity index (χ0v) is 17.1. The first kappa shape index (κ1) is 20.3. The predicted octanol–water partition coefficient (Wildman–Crippen LogP) is 3.57. The number of rotatable bonds is 4. The van der Waals surface area contributed by atoms with Crippen LogP contribution < -0.4 is 10.2 Å². The van der Waals surface area contributed by atoms with Crippen molar-refractivity contribution >= 4 is 29.2 Å². The zero-order valence-electron chi connectivity index (χ0n) is 17.1. The topological polar surface area (TPSA) is 102 Å². The van der Waals surface area contributed by atoms with E-state index < -0.39 is 24.5 Å². The van der Waals surface area contributed by atoms with Crippen LogP contribution in [0.15, 0.2) is 59.1 Å². The predicted molar refractivity (Wildman–Crippen MR) is 114 cm³/mol. The SMILES string of the molecule is Cc1onc(-c2ccccc2)c1C(=O)OCC(=O)N1c2ccccc2NC(=O)C[C@H]1C. The number of anilines is 2. The number of para-hydroxylation sites is 2. The molecule has 4 rings (SSSR count). The Labute approximate surface area is 178 Å². The van der Waals surface area contributed by atoms with Crippen LogP contribution in [-0.4, -0.2) is 35.6 Å². The molecule has 1 aliphatic rings. The number of ether oxygens (including phenoxy) is 1. The first-order chi connectivity index (χ1) is 15.0. The highest BCUT2D eigenvalue weighted by atomic mass is 16.5. The maximum absolute atomic E-state index is 13.0. The third-order valence-corrected chi connectivity index (χ3v) is 5.07. The van der Waals surface area contributed by atoms with E-state index in [0.29, 0.717) is 28.4 Å². The number of nitrogens with one attached hydrogen (secondary N) is 1. The highest BCUT2D eigenvalue weighted by molar-refractivity contribution is 6.05.